The molecule has 1 fully saturated rings. The number of nitrogens with one attached hydrogen (secondary N) is 1. The average Bonchev–Trinajstić information content (AvgIpc) is 3.03. The molecule has 1 aliphatic rings. The first kappa shape index (κ1) is 16.6. The van der Waals surface area contributed by atoms with Gasteiger partial charge in [-0.25, -0.2) is 18.1 Å². The molecule has 3 rings (SSSR count). The van der Waals surface area contributed by atoms with Crippen LogP contribution in [0, 0.1) is 0 Å². The van der Waals surface area contributed by atoms with Gasteiger partial charge in [-0.3, -0.25) is 4.79 Å². The van der Waals surface area contributed by atoms with Crippen LogP contribution in [0.4, 0.5) is 5.82 Å². The predicted octanol–water partition coefficient (Wildman–Crippen LogP) is 1.84. The van der Waals surface area contributed by atoms with Crippen molar-refractivity contribution in [2.75, 3.05) is 18.0 Å². The number of carbonyl (C=O) groups is 1. The normalized spacial score (nSPS) is 17.9. The van der Waals surface area contributed by atoms with Gasteiger partial charge in [0.15, 0.2) is 5.78 Å². The number of Topliss-reactive ketones (excluding diaryl/α,β-unsaturated/α-hetero) is 1. The highest BCUT2D eigenvalue weighted by Gasteiger charge is 2.28. The van der Waals surface area contributed by atoms with E-state index in [0.717, 1.165) is 12.4 Å². The first-order valence-corrected chi connectivity index (χ1v) is 9.23. The van der Waals surface area contributed by atoms with Crippen LogP contribution in [0.25, 0.3) is 0 Å². The largest absolute Gasteiger partial charge is 0.355 e. The third-order valence-corrected chi connectivity index (χ3v) is 5.55. The number of carbonyl (C=O) groups excluding carboxylic acids is 1. The minimum absolute atomic E-state index is 0.117. The number of benzene rings is 1. The molecule has 1 aliphatic heterocycles. The summed E-state index contributed by atoms with van der Waals surface area (Å²) in [4.78, 5) is 17.9. The zero-order chi connectivity index (χ0) is 17.2. The van der Waals surface area contributed by atoms with E-state index in [0.29, 0.717) is 18.5 Å². The van der Waals surface area contributed by atoms with E-state index in [4.69, 9.17) is 0 Å². The molecule has 0 radical (unpaired) electrons. The zero-order valence-electron chi connectivity index (χ0n) is 13.3. The summed E-state index contributed by atoms with van der Waals surface area (Å²) < 4.78 is 27.8. The van der Waals surface area contributed by atoms with E-state index in [2.05, 4.69) is 14.6 Å². The summed E-state index contributed by atoms with van der Waals surface area (Å²) in [7, 11) is -3.65. The van der Waals surface area contributed by atoms with Crippen LogP contribution < -0.4 is 9.62 Å². The molecule has 1 aromatic heterocycles. The number of hydrogen-bond acceptors (Lipinski definition) is 5. The molecule has 1 N–H and O–H groups in total. The molecule has 2 aromatic rings. The fraction of sp³-hybridized carbons (Fsp3) is 0.294. The Morgan fingerprint density at radius 2 is 2.08 bits per heavy atom. The third-order valence-electron chi connectivity index (χ3n) is 4.03. The van der Waals surface area contributed by atoms with Crippen molar-refractivity contribution in [3.8, 4) is 0 Å². The molecule has 126 valence electrons. The molecule has 0 aliphatic carbocycles. The monoisotopic (exact) mass is 345 g/mol. The number of rotatable bonds is 5. The van der Waals surface area contributed by atoms with Crippen molar-refractivity contribution < 1.29 is 13.2 Å². The molecule has 24 heavy (non-hydrogen) atoms. The van der Waals surface area contributed by atoms with Crippen LogP contribution in [0.1, 0.15) is 23.7 Å². The Labute approximate surface area is 141 Å². The van der Waals surface area contributed by atoms with Crippen molar-refractivity contribution in [2.45, 2.75) is 24.3 Å². The Morgan fingerprint density at radius 1 is 1.25 bits per heavy atom. The fourth-order valence-corrected chi connectivity index (χ4v) is 4.08. The quantitative estimate of drug-likeness (QED) is 0.837. The Morgan fingerprint density at radius 3 is 2.79 bits per heavy atom. The summed E-state index contributed by atoms with van der Waals surface area (Å²) in [6.07, 6.45) is 2.43. The summed E-state index contributed by atoms with van der Waals surface area (Å²) in [5, 5.41) is 0. The van der Waals surface area contributed by atoms with E-state index >= 15 is 0 Å². The zero-order valence-corrected chi connectivity index (χ0v) is 14.2. The Hall–Kier alpha value is -2.25. The predicted molar refractivity (Wildman–Crippen MR) is 91.6 cm³/mol. The van der Waals surface area contributed by atoms with E-state index in [1.54, 1.807) is 18.3 Å². The van der Waals surface area contributed by atoms with Crippen LogP contribution in [-0.2, 0) is 10.0 Å². The molecular formula is C17H19N3O3S. The van der Waals surface area contributed by atoms with Gasteiger partial charge in [-0.1, -0.05) is 18.2 Å². The number of anilines is 1. The molecule has 6 nitrogen and oxygen atoms in total. The van der Waals surface area contributed by atoms with Gasteiger partial charge in [0.05, 0.1) is 4.90 Å². The second kappa shape index (κ2) is 6.70. The molecule has 7 heteroatoms. The molecule has 1 atom stereocenters. The summed E-state index contributed by atoms with van der Waals surface area (Å²) in [5.74, 6) is 0.687. The van der Waals surface area contributed by atoms with Crippen molar-refractivity contribution in [1.82, 2.24) is 9.71 Å². The van der Waals surface area contributed by atoms with Crippen LogP contribution >= 0.6 is 0 Å². The number of pyridine rings is 1. The average molecular weight is 345 g/mol. The maximum Gasteiger partial charge on any atom is 0.240 e. The second-order valence-corrected chi connectivity index (χ2v) is 7.54. The summed E-state index contributed by atoms with van der Waals surface area (Å²) in [6.45, 7) is 2.74. The first-order valence-electron chi connectivity index (χ1n) is 7.75. The number of hydrogen-bond donors (Lipinski definition) is 1. The molecule has 1 aromatic carbocycles. The van der Waals surface area contributed by atoms with Gasteiger partial charge >= 0.3 is 0 Å². The molecule has 1 saturated heterocycles. The van der Waals surface area contributed by atoms with Crippen LogP contribution in [0.2, 0.25) is 0 Å². The molecule has 0 bridgehead atoms. The van der Waals surface area contributed by atoms with Crippen molar-refractivity contribution in [3.05, 3.63) is 54.2 Å². The van der Waals surface area contributed by atoms with Gasteiger partial charge in [0.1, 0.15) is 5.82 Å². The van der Waals surface area contributed by atoms with E-state index in [9.17, 15) is 13.2 Å². The van der Waals surface area contributed by atoms with E-state index < -0.39 is 10.0 Å². The maximum atomic E-state index is 12.5. The highest BCUT2D eigenvalue weighted by Crippen LogP contribution is 2.19. The first-order chi connectivity index (χ1) is 11.5. The number of ketones is 1. The summed E-state index contributed by atoms with van der Waals surface area (Å²) in [6, 6.07) is 11.6. The smallest absolute Gasteiger partial charge is 0.240 e. The standard InChI is InChI=1S/C17H19N3O3S/c1-13(21)14-5-4-6-16(11-14)24(22,23)19-15-8-10-20(12-15)17-7-2-3-9-18-17/h2-7,9,11,15,19H,8,10,12H2,1H3/t15-/m0/s1. The lowest BCUT2D eigenvalue weighted by atomic mass is 10.2. The molecule has 0 spiro atoms. The summed E-state index contributed by atoms with van der Waals surface area (Å²) >= 11 is 0. The topological polar surface area (TPSA) is 79.4 Å². The van der Waals surface area contributed by atoms with Crippen LogP contribution in [0.5, 0.6) is 0 Å². The van der Waals surface area contributed by atoms with Crippen molar-refractivity contribution in [3.63, 3.8) is 0 Å². The Bertz CT molecular complexity index is 837. The van der Waals surface area contributed by atoms with Crippen molar-refractivity contribution in [1.29, 1.82) is 0 Å². The number of sulfonamides is 1. The Balaban J connectivity index is 1.72. The lowest BCUT2D eigenvalue weighted by Crippen LogP contribution is -2.37. The molecule has 0 saturated carbocycles. The maximum absolute atomic E-state index is 12.5. The van der Waals surface area contributed by atoms with Gasteiger partial charge in [0.2, 0.25) is 10.0 Å². The van der Waals surface area contributed by atoms with Gasteiger partial charge in [0, 0.05) is 30.9 Å². The minimum Gasteiger partial charge on any atom is -0.355 e. The molecular weight excluding hydrogens is 326 g/mol. The van der Waals surface area contributed by atoms with Crippen molar-refractivity contribution >= 4 is 21.6 Å². The van der Waals surface area contributed by atoms with Crippen LogP contribution in [0.15, 0.2) is 53.6 Å². The lowest BCUT2D eigenvalue weighted by Gasteiger charge is -2.18. The Kier molecular flexibility index (Phi) is 4.64. The SMILES string of the molecule is CC(=O)c1cccc(S(=O)(=O)N[C@H]2CCN(c3ccccn3)C2)c1. The third kappa shape index (κ3) is 3.63. The van der Waals surface area contributed by atoms with Gasteiger partial charge in [-0.2, -0.15) is 0 Å². The molecule has 0 unspecified atom stereocenters. The van der Waals surface area contributed by atoms with Gasteiger partial charge in [-0.05, 0) is 37.6 Å². The number of aromatic nitrogens is 1. The molecule has 0 amide bonds. The van der Waals surface area contributed by atoms with E-state index in [-0.39, 0.29) is 16.7 Å². The fourth-order valence-electron chi connectivity index (χ4n) is 2.78. The van der Waals surface area contributed by atoms with Crippen LogP contribution in [-0.4, -0.2) is 38.3 Å². The lowest BCUT2D eigenvalue weighted by molar-refractivity contribution is 0.101. The van der Waals surface area contributed by atoms with Gasteiger partial charge in [-0.15, -0.1) is 0 Å². The van der Waals surface area contributed by atoms with Crippen LogP contribution in [0.3, 0.4) is 0 Å². The minimum atomic E-state index is -3.65. The number of nitrogens with zero attached hydrogens (tertiary/aromatic N) is 2. The second-order valence-electron chi connectivity index (χ2n) is 5.82. The van der Waals surface area contributed by atoms with Crippen molar-refractivity contribution in [2.24, 2.45) is 0 Å². The van der Waals surface area contributed by atoms with E-state index in [1.807, 2.05) is 18.2 Å². The van der Waals surface area contributed by atoms with E-state index in [1.165, 1.54) is 19.1 Å². The van der Waals surface area contributed by atoms with Gasteiger partial charge < -0.3 is 4.90 Å². The highest BCUT2D eigenvalue weighted by atomic mass is 32.2. The molecule has 2 heterocycles. The van der Waals surface area contributed by atoms with Gasteiger partial charge in [0.25, 0.3) is 0 Å². The highest BCUT2D eigenvalue weighted by molar-refractivity contribution is 7.89. The summed E-state index contributed by atoms with van der Waals surface area (Å²) in [5.41, 5.74) is 0.388.